The monoisotopic (exact) mass is 360 g/mol. The fourth-order valence-corrected chi connectivity index (χ4v) is 4.75. The second kappa shape index (κ2) is 6.97. The Morgan fingerprint density at radius 1 is 1.38 bits per heavy atom. The summed E-state index contributed by atoms with van der Waals surface area (Å²) < 4.78 is 7.37. The largest absolute Gasteiger partial charge is 0.383 e. The molecule has 0 bridgehead atoms. The van der Waals surface area contributed by atoms with Crippen molar-refractivity contribution in [2.24, 2.45) is 11.3 Å². The van der Waals surface area contributed by atoms with E-state index >= 15 is 0 Å². The minimum Gasteiger partial charge on any atom is -0.383 e. The van der Waals surface area contributed by atoms with Crippen LogP contribution in [0.3, 0.4) is 0 Å². The molecule has 3 aliphatic rings. The summed E-state index contributed by atoms with van der Waals surface area (Å²) in [5.41, 5.74) is 0.803. The van der Waals surface area contributed by atoms with E-state index in [-0.39, 0.29) is 11.3 Å². The first-order valence-corrected chi connectivity index (χ1v) is 10.1. The van der Waals surface area contributed by atoms with Gasteiger partial charge >= 0.3 is 0 Å². The van der Waals surface area contributed by atoms with Crippen LogP contribution in [0.25, 0.3) is 0 Å². The van der Waals surface area contributed by atoms with E-state index in [4.69, 9.17) is 9.72 Å². The highest BCUT2D eigenvalue weighted by atomic mass is 16.5. The highest BCUT2D eigenvalue weighted by Gasteiger charge is 2.57. The number of carbonyl (C=O) groups is 1. The Labute approximate surface area is 156 Å². The summed E-state index contributed by atoms with van der Waals surface area (Å²) in [6.07, 6.45) is 7.74. The van der Waals surface area contributed by atoms with Crippen LogP contribution in [-0.4, -0.2) is 71.7 Å². The van der Waals surface area contributed by atoms with Crippen LogP contribution in [0.15, 0.2) is 12.5 Å². The molecule has 4 rings (SSSR count). The molecule has 0 N–H and O–H groups in total. The number of carbonyl (C=O) groups excluding carboxylic acids is 1. The van der Waals surface area contributed by atoms with Gasteiger partial charge in [0.05, 0.1) is 24.0 Å². The van der Waals surface area contributed by atoms with Crippen LogP contribution in [0, 0.1) is 11.3 Å². The van der Waals surface area contributed by atoms with Gasteiger partial charge in [-0.1, -0.05) is 0 Å². The van der Waals surface area contributed by atoms with Crippen LogP contribution in [-0.2, 0) is 9.53 Å². The van der Waals surface area contributed by atoms with E-state index in [1.165, 1.54) is 12.8 Å². The van der Waals surface area contributed by atoms with Crippen LogP contribution in [0.1, 0.15) is 50.8 Å². The molecule has 1 aromatic heterocycles. The van der Waals surface area contributed by atoms with Crippen LogP contribution >= 0.6 is 0 Å². The molecule has 6 heteroatoms. The SMILES string of the molecule is COCCN1CC[C@@]2(CN(CC3CC3)C[C@H]2c2cn(C(C)C)cn2)C1=O. The van der Waals surface area contributed by atoms with Gasteiger partial charge in [0.1, 0.15) is 0 Å². The number of rotatable bonds is 7. The van der Waals surface area contributed by atoms with Crippen molar-refractivity contribution in [3.63, 3.8) is 0 Å². The molecule has 0 radical (unpaired) electrons. The van der Waals surface area contributed by atoms with Crippen LogP contribution in [0.4, 0.5) is 0 Å². The van der Waals surface area contributed by atoms with Crippen molar-refractivity contribution in [2.75, 3.05) is 46.4 Å². The van der Waals surface area contributed by atoms with Gasteiger partial charge in [-0.05, 0) is 39.0 Å². The van der Waals surface area contributed by atoms with Gasteiger partial charge in [-0.25, -0.2) is 4.98 Å². The van der Waals surface area contributed by atoms with Crippen LogP contribution in [0.2, 0.25) is 0 Å². The molecular formula is C20H32N4O2. The zero-order valence-electron chi connectivity index (χ0n) is 16.4. The molecule has 2 atom stereocenters. The molecule has 2 saturated heterocycles. The number of ether oxygens (including phenoxy) is 1. The Hall–Kier alpha value is -1.40. The van der Waals surface area contributed by atoms with E-state index in [0.29, 0.717) is 25.1 Å². The molecule has 1 spiro atoms. The highest BCUT2D eigenvalue weighted by Crippen LogP contribution is 2.50. The topological polar surface area (TPSA) is 50.6 Å². The number of methoxy groups -OCH3 is 1. The Morgan fingerprint density at radius 2 is 2.19 bits per heavy atom. The summed E-state index contributed by atoms with van der Waals surface area (Å²) in [5, 5.41) is 0. The van der Waals surface area contributed by atoms with E-state index in [9.17, 15) is 4.79 Å². The number of hydrogen-bond donors (Lipinski definition) is 0. The molecular weight excluding hydrogens is 328 g/mol. The van der Waals surface area contributed by atoms with Gasteiger partial charge in [0, 0.05) is 58.0 Å². The predicted octanol–water partition coefficient (Wildman–Crippen LogP) is 2.14. The van der Waals surface area contributed by atoms with Crippen molar-refractivity contribution in [1.82, 2.24) is 19.4 Å². The molecule has 6 nitrogen and oxygen atoms in total. The summed E-state index contributed by atoms with van der Waals surface area (Å²) in [5.74, 6) is 1.37. The maximum atomic E-state index is 13.4. The maximum Gasteiger partial charge on any atom is 0.230 e. The van der Waals surface area contributed by atoms with Crippen molar-refractivity contribution in [2.45, 2.75) is 45.1 Å². The zero-order chi connectivity index (χ0) is 18.3. The number of amides is 1. The molecule has 2 aliphatic heterocycles. The maximum absolute atomic E-state index is 13.4. The Morgan fingerprint density at radius 3 is 2.85 bits per heavy atom. The summed E-state index contributed by atoms with van der Waals surface area (Å²) >= 11 is 0. The first kappa shape index (κ1) is 18.0. The molecule has 1 amide bonds. The highest BCUT2D eigenvalue weighted by molar-refractivity contribution is 5.86. The lowest BCUT2D eigenvalue weighted by molar-refractivity contribution is -0.136. The summed E-state index contributed by atoms with van der Waals surface area (Å²) in [6.45, 7) is 9.51. The van der Waals surface area contributed by atoms with Crippen molar-refractivity contribution < 1.29 is 9.53 Å². The fourth-order valence-electron chi connectivity index (χ4n) is 4.75. The van der Waals surface area contributed by atoms with Gasteiger partial charge in [0.2, 0.25) is 5.91 Å². The lowest BCUT2D eigenvalue weighted by Crippen LogP contribution is -2.40. The van der Waals surface area contributed by atoms with E-state index in [2.05, 4.69) is 29.5 Å². The molecule has 0 unspecified atom stereocenters. The van der Waals surface area contributed by atoms with Crippen LogP contribution < -0.4 is 0 Å². The Bertz CT molecular complexity index is 654. The summed E-state index contributed by atoms with van der Waals surface area (Å²) in [4.78, 5) is 22.7. The summed E-state index contributed by atoms with van der Waals surface area (Å²) in [6, 6.07) is 0.397. The molecule has 1 saturated carbocycles. The minimum absolute atomic E-state index is 0.210. The van der Waals surface area contributed by atoms with E-state index in [0.717, 1.165) is 44.2 Å². The molecule has 26 heavy (non-hydrogen) atoms. The molecule has 144 valence electrons. The third kappa shape index (κ3) is 3.18. The number of imidazole rings is 1. The van der Waals surface area contributed by atoms with Gasteiger partial charge in [0.15, 0.2) is 0 Å². The van der Waals surface area contributed by atoms with Crippen molar-refractivity contribution in [1.29, 1.82) is 0 Å². The zero-order valence-corrected chi connectivity index (χ0v) is 16.4. The average Bonchev–Trinajstić information content (AvgIpc) is 3.05. The molecule has 0 aromatic carbocycles. The normalized spacial score (nSPS) is 29.6. The number of hydrogen-bond acceptors (Lipinski definition) is 4. The van der Waals surface area contributed by atoms with Crippen molar-refractivity contribution >= 4 is 5.91 Å². The predicted molar refractivity (Wildman–Crippen MR) is 100 cm³/mol. The molecule has 3 fully saturated rings. The molecule has 1 aromatic rings. The van der Waals surface area contributed by atoms with Gasteiger partial charge < -0.3 is 19.1 Å². The lowest BCUT2D eigenvalue weighted by Gasteiger charge is -2.28. The summed E-state index contributed by atoms with van der Waals surface area (Å²) in [7, 11) is 1.70. The smallest absolute Gasteiger partial charge is 0.230 e. The van der Waals surface area contributed by atoms with Crippen molar-refractivity contribution in [3.8, 4) is 0 Å². The first-order valence-electron chi connectivity index (χ1n) is 10.1. The van der Waals surface area contributed by atoms with E-state index in [1.807, 2.05) is 11.2 Å². The number of aromatic nitrogens is 2. The first-order chi connectivity index (χ1) is 12.5. The van der Waals surface area contributed by atoms with Gasteiger partial charge in [-0.2, -0.15) is 0 Å². The van der Waals surface area contributed by atoms with Crippen LogP contribution in [0.5, 0.6) is 0 Å². The molecule has 3 heterocycles. The molecule has 1 aliphatic carbocycles. The second-order valence-corrected chi connectivity index (χ2v) is 8.72. The third-order valence-corrected chi connectivity index (χ3v) is 6.51. The fraction of sp³-hybridized carbons (Fsp3) is 0.800. The Kier molecular flexibility index (Phi) is 4.82. The van der Waals surface area contributed by atoms with Gasteiger partial charge in [-0.3, -0.25) is 4.79 Å². The van der Waals surface area contributed by atoms with E-state index < -0.39 is 0 Å². The quantitative estimate of drug-likeness (QED) is 0.748. The van der Waals surface area contributed by atoms with Gasteiger partial charge in [-0.15, -0.1) is 0 Å². The number of nitrogens with zero attached hydrogens (tertiary/aromatic N) is 4. The lowest BCUT2D eigenvalue weighted by atomic mass is 9.75. The van der Waals surface area contributed by atoms with Crippen molar-refractivity contribution in [3.05, 3.63) is 18.2 Å². The van der Waals surface area contributed by atoms with E-state index in [1.54, 1.807) is 7.11 Å². The standard InChI is InChI=1S/C20H32N4O2/c1-15(2)24-12-18(21-14-24)17-11-22(10-16-4-5-16)13-20(17)6-7-23(19(20)25)8-9-26-3/h12,14-17H,4-11,13H2,1-3H3/t17-,20-/m0/s1. The van der Waals surface area contributed by atoms with Gasteiger partial charge in [0.25, 0.3) is 0 Å². The third-order valence-electron chi connectivity index (χ3n) is 6.51. The second-order valence-electron chi connectivity index (χ2n) is 8.72. The Balaban J connectivity index is 1.59. The average molecular weight is 361 g/mol. The minimum atomic E-state index is -0.293. The number of likely N-dealkylation sites (tertiary alicyclic amines) is 2.